The molecule has 132 valence electrons. The predicted molar refractivity (Wildman–Crippen MR) is 93.1 cm³/mol. The van der Waals surface area contributed by atoms with Gasteiger partial charge in [-0.3, -0.25) is 0 Å². The van der Waals surface area contributed by atoms with Gasteiger partial charge >= 0.3 is 19.5 Å². The first kappa shape index (κ1) is 28.1. The Morgan fingerprint density at radius 3 is 1.26 bits per heavy atom. The summed E-state index contributed by atoms with van der Waals surface area (Å²) in [6, 6.07) is 0. The zero-order chi connectivity index (χ0) is 17.4. The number of carboxylic acid groups (broad SMARTS) is 2. The third-order valence-corrected chi connectivity index (χ3v) is 4.14. The van der Waals surface area contributed by atoms with E-state index < -0.39 is 22.4 Å². The summed E-state index contributed by atoms with van der Waals surface area (Å²) < 4.78 is 0. The molecule has 0 N–H and O–H groups in total. The van der Waals surface area contributed by atoms with E-state index in [1.165, 1.54) is 25.7 Å². The maximum atomic E-state index is 10.2. The van der Waals surface area contributed by atoms with Crippen LogP contribution in [0.3, 0.4) is 0 Å². The summed E-state index contributed by atoms with van der Waals surface area (Å²) in [5.74, 6) is -2.10. The average molecular weight is 416 g/mol. The topological polar surface area (TPSA) is 80.3 Å². The van der Waals surface area contributed by atoms with Crippen molar-refractivity contribution < 1.29 is 39.3 Å². The van der Waals surface area contributed by atoms with Gasteiger partial charge in [0.05, 0.1) is 11.9 Å². The molecule has 7 heteroatoms. The zero-order valence-electron chi connectivity index (χ0n) is 14.5. The number of hydrogen-bond acceptors (Lipinski definition) is 6. The van der Waals surface area contributed by atoms with Crippen molar-refractivity contribution in [3.8, 4) is 0 Å². The number of thiol groups is 2. The minimum atomic E-state index is -1.05. The summed E-state index contributed by atoms with van der Waals surface area (Å²) in [6.45, 7) is 4.24. The first-order valence-corrected chi connectivity index (χ1v) is 9.17. The molecule has 0 rings (SSSR count). The van der Waals surface area contributed by atoms with Gasteiger partial charge < -0.3 is 19.8 Å². The molecule has 0 aromatic heterocycles. The van der Waals surface area contributed by atoms with Gasteiger partial charge in [0, 0.05) is 10.5 Å². The van der Waals surface area contributed by atoms with Gasteiger partial charge in [-0.2, -0.15) is 25.3 Å². The van der Waals surface area contributed by atoms with Crippen LogP contribution in [0.4, 0.5) is 0 Å². The van der Waals surface area contributed by atoms with E-state index in [1.54, 1.807) is 0 Å². The van der Waals surface area contributed by atoms with Crippen LogP contribution in [-0.4, -0.2) is 22.4 Å². The molecule has 4 nitrogen and oxygen atoms in total. The molecule has 0 saturated carbocycles. The summed E-state index contributed by atoms with van der Waals surface area (Å²) in [5, 5.41) is 19.2. The molecule has 2 unspecified atom stereocenters. The van der Waals surface area contributed by atoms with Crippen LogP contribution in [0, 0.1) is 0 Å². The monoisotopic (exact) mass is 414 g/mol. The van der Waals surface area contributed by atoms with Crippen molar-refractivity contribution >= 4 is 37.2 Å². The van der Waals surface area contributed by atoms with Gasteiger partial charge in [-0.25, -0.2) is 0 Å². The maximum Gasteiger partial charge on any atom is 2.00 e. The third-order valence-electron chi connectivity index (χ3n) is 3.21. The Bertz CT molecular complexity index is 263. The Labute approximate surface area is 164 Å². The number of hydrogen-bond donors (Lipinski definition) is 2. The molecule has 0 aliphatic rings. The van der Waals surface area contributed by atoms with Gasteiger partial charge in [-0.15, -0.1) is 0 Å². The van der Waals surface area contributed by atoms with Crippen molar-refractivity contribution in [1.82, 2.24) is 0 Å². The standard InChI is InChI=1S/2C8H16O2S.Zn/c2*1-2-3-4-5-6-7(11)8(9)10;/h2*7,11H,2-6H2,1H3,(H,9,10);/q;;+2/p-2. The van der Waals surface area contributed by atoms with Gasteiger partial charge in [-0.05, 0) is 12.8 Å². The Balaban J connectivity index is -0.000000333. The van der Waals surface area contributed by atoms with Crippen LogP contribution < -0.4 is 10.2 Å². The number of carboxylic acids is 2. The number of carbonyl (C=O) groups excluding carboxylic acids is 2. The second kappa shape index (κ2) is 20.3. The predicted octanol–water partition coefficient (Wildman–Crippen LogP) is 2.01. The van der Waals surface area contributed by atoms with E-state index in [0.717, 1.165) is 25.7 Å². The molecule has 0 radical (unpaired) electrons. The quantitative estimate of drug-likeness (QED) is 0.290. The van der Waals surface area contributed by atoms with Crippen molar-refractivity contribution in [2.75, 3.05) is 0 Å². The molecular formula is C16H30O4S2Zn. The largest absolute Gasteiger partial charge is 2.00 e. The van der Waals surface area contributed by atoms with E-state index in [-0.39, 0.29) is 19.5 Å². The summed E-state index contributed by atoms with van der Waals surface area (Å²) in [7, 11) is 0. The molecule has 0 aromatic rings. The molecule has 0 heterocycles. The van der Waals surface area contributed by atoms with Crippen molar-refractivity contribution in [1.29, 1.82) is 0 Å². The SMILES string of the molecule is CCCCCCC(S)C(=O)[O-].CCCCCCC(S)C(=O)[O-].[Zn+2]. The minimum absolute atomic E-state index is 0. The van der Waals surface area contributed by atoms with Crippen LogP contribution in [0.25, 0.3) is 0 Å². The van der Waals surface area contributed by atoms with Crippen molar-refractivity contribution in [3.63, 3.8) is 0 Å². The summed E-state index contributed by atoms with van der Waals surface area (Å²) in [5.41, 5.74) is 0. The molecular weight excluding hydrogens is 386 g/mol. The summed E-state index contributed by atoms with van der Waals surface area (Å²) >= 11 is 7.73. The van der Waals surface area contributed by atoms with Crippen LogP contribution in [0.2, 0.25) is 0 Å². The zero-order valence-corrected chi connectivity index (χ0v) is 19.2. The molecule has 0 fully saturated rings. The molecule has 0 spiro atoms. The first-order chi connectivity index (χ1) is 10.4. The fourth-order valence-electron chi connectivity index (χ4n) is 1.76. The molecule has 0 bridgehead atoms. The van der Waals surface area contributed by atoms with Gasteiger partial charge in [0.1, 0.15) is 0 Å². The van der Waals surface area contributed by atoms with E-state index in [4.69, 9.17) is 0 Å². The van der Waals surface area contributed by atoms with Gasteiger partial charge in [0.15, 0.2) is 0 Å². The van der Waals surface area contributed by atoms with Crippen molar-refractivity contribution in [2.24, 2.45) is 0 Å². The molecule has 23 heavy (non-hydrogen) atoms. The number of carbonyl (C=O) groups is 2. The van der Waals surface area contributed by atoms with E-state index in [0.29, 0.717) is 12.8 Å². The normalized spacial score (nSPS) is 12.3. The fraction of sp³-hybridized carbons (Fsp3) is 0.875. The van der Waals surface area contributed by atoms with E-state index >= 15 is 0 Å². The summed E-state index contributed by atoms with van der Waals surface area (Å²) in [6.07, 6.45) is 10.0. The van der Waals surface area contributed by atoms with Crippen LogP contribution in [-0.2, 0) is 29.1 Å². The van der Waals surface area contributed by atoms with Crippen LogP contribution in [0.15, 0.2) is 0 Å². The molecule has 0 aliphatic carbocycles. The minimum Gasteiger partial charge on any atom is -0.549 e. The third kappa shape index (κ3) is 22.3. The van der Waals surface area contributed by atoms with Gasteiger partial charge in [0.2, 0.25) is 0 Å². The van der Waals surface area contributed by atoms with Crippen LogP contribution in [0.1, 0.15) is 78.1 Å². The smallest absolute Gasteiger partial charge is 0.549 e. The van der Waals surface area contributed by atoms with Crippen molar-refractivity contribution in [3.05, 3.63) is 0 Å². The van der Waals surface area contributed by atoms with Crippen LogP contribution in [0.5, 0.6) is 0 Å². The summed E-state index contributed by atoms with van der Waals surface area (Å²) in [4.78, 5) is 20.4. The Morgan fingerprint density at radius 2 is 1.04 bits per heavy atom. The molecule has 2 atom stereocenters. The van der Waals surface area contributed by atoms with E-state index in [1.807, 2.05) is 0 Å². The number of unbranched alkanes of at least 4 members (excludes halogenated alkanes) is 6. The van der Waals surface area contributed by atoms with Crippen molar-refractivity contribution in [2.45, 2.75) is 88.6 Å². The van der Waals surface area contributed by atoms with Crippen LogP contribution >= 0.6 is 25.3 Å². The maximum absolute atomic E-state index is 10.2. The van der Waals surface area contributed by atoms with Gasteiger partial charge in [-0.1, -0.05) is 65.2 Å². The fourth-order valence-corrected chi connectivity index (χ4v) is 2.13. The number of rotatable bonds is 12. The first-order valence-electron chi connectivity index (χ1n) is 8.14. The second-order valence-electron chi connectivity index (χ2n) is 5.37. The molecule has 0 aliphatic heterocycles. The van der Waals surface area contributed by atoms with Gasteiger partial charge in [0.25, 0.3) is 0 Å². The Hall–Kier alpha value is 0.263. The Morgan fingerprint density at radius 1 is 0.739 bits per heavy atom. The number of aliphatic carboxylic acids is 2. The van der Waals surface area contributed by atoms with E-state index in [2.05, 4.69) is 39.1 Å². The van der Waals surface area contributed by atoms with E-state index in [9.17, 15) is 19.8 Å². The molecule has 0 saturated heterocycles. The Kier molecular flexibility index (Phi) is 24.8. The average Bonchev–Trinajstić information content (AvgIpc) is 2.48. The molecule has 0 amide bonds. The molecule has 0 aromatic carbocycles. The second-order valence-corrected chi connectivity index (χ2v) is 6.62.